The molecule has 0 amide bonds. The molecule has 2 saturated carbocycles. The summed E-state index contributed by atoms with van der Waals surface area (Å²) in [6.45, 7) is 9.98. The van der Waals surface area contributed by atoms with Crippen LogP contribution in [0, 0.1) is 16.7 Å². The van der Waals surface area contributed by atoms with Crippen LogP contribution < -0.4 is 16.0 Å². The molecule has 0 aromatic carbocycles. The van der Waals surface area contributed by atoms with Gasteiger partial charge < -0.3 is 30.2 Å². The number of esters is 1. The Bertz CT molecular complexity index is 1360. The van der Waals surface area contributed by atoms with E-state index in [0.717, 1.165) is 55.6 Å². The van der Waals surface area contributed by atoms with Crippen molar-refractivity contribution in [3.63, 3.8) is 0 Å². The highest BCUT2D eigenvalue weighted by Gasteiger charge is 2.54. The minimum absolute atomic E-state index is 0.139. The molecule has 1 aliphatic heterocycles. The van der Waals surface area contributed by atoms with Gasteiger partial charge in [-0.05, 0) is 97.3 Å². The molecule has 244 valence electrons. The van der Waals surface area contributed by atoms with Gasteiger partial charge in [0, 0.05) is 49.6 Å². The van der Waals surface area contributed by atoms with Crippen LogP contribution in [0.2, 0.25) is 5.02 Å². The standard InChI is InChI=1S/C34H47ClN6O4/c1-23(20-44-34(12-13-34)31(42)45-32(2,3)4)39-24-8-10-25(11-9-24)40-30-18-26(27(35)19-37-30)28-6-5-7-29(41-28)38-22-33(21-36)14-16-43-17-15-33/h5-7,18-19,23-25,39H,8-17,20,22H2,1-4H3,(H,37,40)(H,38,41)/t23-,24?,25?/m1/s1. The fourth-order valence-corrected chi connectivity index (χ4v) is 6.19. The first-order valence-electron chi connectivity index (χ1n) is 16.2. The molecule has 2 aliphatic carbocycles. The normalized spacial score (nSPS) is 22.9. The van der Waals surface area contributed by atoms with E-state index in [0.29, 0.717) is 62.1 Å². The number of halogens is 1. The quantitative estimate of drug-likeness (QED) is 0.234. The van der Waals surface area contributed by atoms with Crippen molar-refractivity contribution in [3.8, 4) is 17.3 Å². The fraction of sp³-hybridized carbons (Fsp3) is 0.647. The first kappa shape index (κ1) is 33.4. The van der Waals surface area contributed by atoms with Crippen molar-refractivity contribution >= 4 is 29.2 Å². The van der Waals surface area contributed by atoms with Crippen molar-refractivity contribution in [3.05, 3.63) is 35.5 Å². The molecule has 1 atom stereocenters. The van der Waals surface area contributed by atoms with Gasteiger partial charge in [0.1, 0.15) is 17.2 Å². The van der Waals surface area contributed by atoms with Gasteiger partial charge in [-0.15, -0.1) is 0 Å². The Morgan fingerprint density at radius 2 is 1.84 bits per heavy atom. The third-order valence-electron chi connectivity index (χ3n) is 8.86. The van der Waals surface area contributed by atoms with Crippen molar-refractivity contribution in [1.29, 1.82) is 5.26 Å². The molecular formula is C34H47ClN6O4. The van der Waals surface area contributed by atoms with Gasteiger partial charge in [0.25, 0.3) is 0 Å². The summed E-state index contributed by atoms with van der Waals surface area (Å²) >= 11 is 6.59. The Balaban J connectivity index is 1.10. The Morgan fingerprint density at radius 1 is 1.13 bits per heavy atom. The van der Waals surface area contributed by atoms with E-state index >= 15 is 0 Å². The number of nitrogens with one attached hydrogen (secondary N) is 3. The first-order chi connectivity index (χ1) is 21.5. The zero-order valence-corrected chi connectivity index (χ0v) is 27.7. The Morgan fingerprint density at radius 3 is 2.51 bits per heavy atom. The fourth-order valence-electron chi connectivity index (χ4n) is 5.99. The molecule has 0 spiro atoms. The Kier molecular flexibility index (Phi) is 10.5. The topological polar surface area (TPSA) is 130 Å². The number of hydrogen-bond acceptors (Lipinski definition) is 10. The van der Waals surface area contributed by atoms with E-state index in [9.17, 15) is 10.1 Å². The van der Waals surface area contributed by atoms with Crippen LogP contribution in [0.15, 0.2) is 30.5 Å². The van der Waals surface area contributed by atoms with E-state index in [-0.39, 0.29) is 12.0 Å². The van der Waals surface area contributed by atoms with E-state index < -0.39 is 16.6 Å². The van der Waals surface area contributed by atoms with Gasteiger partial charge in [-0.25, -0.2) is 14.8 Å². The van der Waals surface area contributed by atoms with Crippen molar-refractivity contribution in [2.75, 3.05) is 37.0 Å². The molecule has 11 heteroatoms. The second kappa shape index (κ2) is 14.2. The van der Waals surface area contributed by atoms with Crippen LogP contribution in [0.3, 0.4) is 0 Å². The average Bonchev–Trinajstić information content (AvgIpc) is 3.82. The number of pyridine rings is 2. The summed E-state index contributed by atoms with van der Waals surface area (Å²) < 4.78 is 17.1. The van der Waals surface area contributed by atoms with E-state index in [4.69, 9.17) is 30.8 Å². The molecule has 2 aromatic heterocycles. The molecule has 2 aromatic rings. The van der Waals surface area contributed by atoms with Crippen LogP contribution in [0.1, 0.15) is 79.1 Å². The Labute approximate surface area is 272 Å². The van der Waals surface area contributed by atoms with E-state index in [1.807, 2.05) is 45.0 Å². The lowest BCUT2D eigenvalue weighted by molar-refractivity contribution is -0.172. The number of rotatable bonds is 12. The first-order valence-corrected chi connectivity index (χ1v) is 16.6. The summed E-state index contributed by atoms with van der Waals surface area (Å²) in [5, 5.41) is 21.0. The molecular weight excluding hydrogens is 592 g/mol. The molecule has 3 N–H and O–H groups in total. The molecule has 45 heavy (non-hydrogen) atoms. The van der Waals surface area contributed by atoms with Crippen molar-refractivity contribution in [2.24, 2.45) is 5.41 Å². The van der Waals surface area contributed by atoms with Gasteiger partial charge in [0.15, 0.2) is 5.60 Å². The summed E-state index contributed by atoms with van der Waals surface area (Å²) in [4.78, 5) is 21.9. The molecule has 0 bridgehead atoms. The van der Waals surface area contributed by atoms with Crippen LogP contribution in [0.4, 0.5) is 11.6 Å². The number of carbonyl (C=O) groups is 1. The lowest BCUT2D eigenvalue weighted by atomic mass is 9.82. The lowest BCUT2D eigenvalue weighted by Crippen LogP contribution is -2.44. The van der Waals surface area contributed by atoms with Gasteiger partial charge in [0.2, 0.25) is 0 Å². The molecule has 1 saturated heterocycles. The van der Waals surface area contributed by atoms with Gasteiger partial charge in [-0.3, -0.25) is 0 Å². The molecule has 10 nitrogen and oxygen atoms in total. The molecule has 3 aliphatic rings. The summed E-state index contributed by atoms with van der Waals surface area (Å²) in [6, 6.07) is 11.1. The van der Waals surface area contributed by atoms with Crippen molar-refractivity contribution in [1.82, 2.24) is 15.3 Å². The number of nitriles is 1. The van der Waals surface area contributed by atoms with Gasteiger partial charge in [0.05, 0.1) is 28.8 Å². The summed E-state index contributed by atoms with van der Waals surface area (Å²) in [6.07, 6.45) is 8.63. The maximum atomic E-state index is 12.6. The highest BCUT2D eigenvalue weighted by Crippen LogP contribution is 2.42. The number of anilines is 2. The molecule has 3 heterocycles. The largest absolute Gasteiger partial charge is 0.458 e. The monoisotopic (exact) mass is 638 g/mol. The van der Waals surface area contributed by atoms with Crippen LogP contribution >= 0.6 is 11.6 Å². The predicted octanol–water partition coefficient (Wildman–Crippen LogP) is 6.12. The molecule has 5 rings (SSSR count). The summed E-state index contributed by atoms with van der Waals surface area (Å²) in [5.41, 5.74) is -0.153. The van der Waals surface area contributed by atoms with Crippen LogP contribution in [-0.4, -0.2) is 71.6 Å². The maximum absolute atomic E-state index is 12.6. The molecule has 0 radical (unpaired) electrons. The number of ether oxygens (including phenoxy) is 3. The highest BCUT2D eigenvalue weighted by molar-refractivity contribution is 6.33. The lowest BCUT2D eigenvalue weighted by Gasteiger charge is -2.32. The van der Waals surface area contributed by atoms with E-state index in [2.05, 4.69) is 33.9 Å². The third-order valence-corrected chi connectivity index (χ3v) is 9.16. The van der Waals surface area contributed by atoms with Gasteiger partial charge in [-0.2, -0.15) is 5.26 Å². The highest BCUT2D eigenvalue weighted by atomic mass is 35.5. The average molecular weight is 639 g/mol. The SMILES string of the molecule is C[C@H](COC1(C(=O)OC(C)(C)C)CC1)NC1CCC(Nc2cc(-c3cccc(NCC4(C#N)CCOCC4)n3)c(Cl)cn2)CC1. The summed E-state index contributed by atoms with van der Waals surface area (Å²) in [7, 11) is 0. The summed E-state index contributed by atoms with van der Waals surface area (Å²) in [5.74, 6) is 1.24. The Hall–Kier alpha value is -2.97. The van der Waals surface area contributed by atoms with Crippen LogP contribution in [0.25, 0.3) is 11.3 Å². The van der Waals surface area contributed by atoms with Crippen molar-refractivity contribution in [2.45, 2.75) is 108 Å². The van der Waals surface area contributed by atoms with Crippen LogP contribution in [-0.2, 0) is 19.0 Å². The molecule has 3 fully saturated rings. The van der Waals surface area contributed by atoms with Gasteiger partial charge >= 0.3 is 5.97 Å². The predicted molar refractivity (Wildman–Crippen MR) is 175 cm³/mol. The second-order valence-corrected chi connectivity index (χ2v) is 14.3. The number of nitrogens with zero attached hydrogens (tertiary/aromatic N) is 3. The smallest absolute Gasteiger partial charge is 0.338 e. The zero-order chi connectivity index (χ0) is 32.1. The number of hydrogen-bond donors (Lipinski definition) is 3. The minimum Gasteiger partial charge on any atom is -0.458 e. The zero-order valence-electron chi connectivity index (χ0n) is 27.0. The molecule has 0 unspecified atom stereocenters. The maximum Gasteiger partial charge on any atom is 0.338 e. The second-order valence-electron chi connectivity index (χ2n) is 13.9. The number of aromatic nitrogens is 2. The van der Waals surface area contributed by atoms with E-state index in [1.54, 1.807) is 6.20 Å². The van der Waals surface area contributed by atoms with Gasteiger partial charge in [-0.1, -0.05) is 17.7 Å². The minimum atomic E-state index is -0.756. The van der Waals surface area contributed by atoms with E-state index in [1.165, 1.54) is 0 Å². The van der Waals surface area contributed by atoms with Crippen LogP contribution in [0.5, 0.6) is 0 Å². The van der Waals surface area contributed by atoms with Crippen molar-refractivity contribution < 1.29 is 19.0 Å². The third kappa shape index (κ3) is 9.07. The number of carbonyl (C=O) groups excluding carboxylic acids is 1.